The SMILES string of the molecule is CN1CCCCC1CNc1ccc(C#N)cn1. The topological polar surface area (TPSA) is 52.0 Å². The molecule has 0 aromatic carbocycles. The molecule has 1 saturated heterocycles. The molecule has 0 spiro atoms. The van der Waals surface area contributed by atoms with Crippen LogP contribution in [-0.2, 0) is 0 Å². The third-order valence-corrected chi connectivity index (χ3v) is 3.33. The second kappa shape index (κ2) is 5.65. The molecule has 1 fully saturated rings. The molecule has 1 unspecified atom stereocenters. The van der Waals surface area contributed by atoms with Crippen molar-refractivity contribution in [2.45, 2.75) is 25.3 Å². The summed E-state index contributed by atoms with van der Waals surface area (Å²) in [6, 6.07) is 6.32. The van der Waals surface area contributed by atoms with Gasteiger partial charge in [0.1, 0.15) is 11.9 Å². The fraction of sp³-hybridized carbons (Fsp3) is 0.538. The van der Waals surface area contributed by atoms with E-state index in [0.29, 0.717) is 11.6 Å². The number of likely N-dealkylation sites (N-methyl/N-ethyl adjacent to an activating group) is 1. The van der Waals surface area contributed by atoms with Gasteiger partial charge < -0.3 is 10.2 Å². The first-order chi connectivity index (χ1) is 8.29. The standard InChI is InChI=1S/C13H18N4/c1-17-7-3-2-4-12(17)10-16-13-6-5-11(8-14)9-15-13/h5-6,9,12H,2-4,7,10H2,1H3,(H,15,16). The summed E-state index contributed by atoms with van der Waals surface area (Å²) < 4.78 is 0. The van der Waals surface area contributed by atoms with E-state index in [-0.39, 0.29) is 0 Å². The van der Waals surface area contributed by atoms with Crippen LogP contribution in [0.4, 0.5) is 5.82 Å². The van der Waals surface area contributed by atoms with Gasteiger partial charge in [0.2, 0.25) is 0 Å². The molecule has 1 aromatic heterocycles. The van der Waals surface area contributed by atoms with E-state index >= 15 is 0 Å². The first-order valence-corrected chi connectivity index (χ1v) is 6.10. The Kier molecular flexibility index (Phi) is 3.94. The number of likely N-dealkylation sites (tertiary alicyclic amines) is 1. The van der Waals surface area contributed by atoms with E-state index < -0.39 is 0 Å². The molecule has 1 atom stereocenters. The molecule has 4 heteroatoms. The fourth-order valence-electron chi connectivity index (χ4n) is 2.19. The Morgan fingerprint density at radius 3 is 3.06 bits per heavy atom. The van der Waals surface area contributed by atoms with Crippen LogP contribution in [0, 0.1) is 11.3 Å². The number of rotatable bonds is 3. The van der Waals surface area contributed by atoms with Crippen molar-refractivity contribution in [3.8, 4) is 6.07 Å². The number of hydrogen-bond donors (Lipinski definition) is 1. The van der Waals surface area contributed by atoms with Crippen LogP contribution in [0.5, 0.6) is 0 Å². The largest absolute Gasteiger partial charge is 0.369 e. The Bertz CT molecular complexity index is 393. The third-order valence-electron chi connectivity index (χ3n) is 3.33. The van der Waals surface area contributed by atoms with Gasteiger partial charge >= 0.3 is 0 Å². The number of piperidine rings is 1. The van der Waals surface area contributed by atoms with E-state index in [1.807, 2.05) is 6.07 Å². The van der Waals surface area contributed by atoms with Crippen molar-refractivity contribution < 1.29 is 0 Å². The van der Waals surface area contributed by atoms with Crippen molar-refractivity contribution in [3.63, 3.8) is 0 Å². The molecule has 4 nitrogen and oxygen atoms in total. The van der Waals surface area contributed by atoms with E-state index in [1.54, 1.807) is 12.3 Å². The van der Waals surface area contributed by atoms with Gasteiger partial charge in [0.15, 0.2) is 0 Å². The summed E-state index contributed by atoms with van der Waals surface area (Å²) in [5.41, 5.74) is 0.602. The molecule has 90 valence electrons. The first kappa shape index (κ1) is 11.9. The van der Waals surface area contributed by atoms with Gasteiger partial charge in [-0.2, -0.15) is 5.26 Å². The Hall–Kier alpha value is -1.60. The van der Waals surface area contributed by atoms with Gasteiger partial charge in [0.05, 0.1) is 5.56 Å². The van der Waals surface area contributed by atoms with Crippen molar-refractivity contribution in [2.75, 3.05) is 25.5 Å². The highest BCUT2D eigenvalue weighted by molar-refractivity contribution is 5.39. The Labute approximate surface area is 102 Å². The zero-order chi connectivity index (χ0) is 12.1. The zero-order valence-corrected chi connectivity index (χ0v) is 10.2. The quantitative estimate of drug-likeness (QED) is 0.861. The average molecular weight is 230 g/mol. The van der Waals surface area contributed by atoms with Crippen LogP contribution in [0.25, 0.3) is 0 Å². The normalized spacial score (nSPS) is 20.8. The van der Waals surface area contributed by atoms with Crippen molar-refractivity contribution in [1.82, 2.24) is 9.88 Å². The van der Waals surface area contributed by atoms with Crippen LogP contribution in [0.15, 0.2) is 18.3 Å². The minimum absolute atomic E-state index is 0.598. The summed E-state index contributed by atoms with van der Waals surface area (Å²) in [4.78, 5) is 6.61. The van der Waals surface area contributed by atoms with Crippen LogP contribution in [0.3, 0.4) is 0 Å². The van der Waals surface area contributed by atoms with Gasteiger partial charge in [-0.1, -0.05) is 6.42 Å². The number of pyridine rings is 1. The summed E-state index contributed by atoms with van der Waals surface area (Å²) >= 11 is 0. The minimum Gasteiger partial charge on any atom is -0.369 e. The predicted octanol–water partition coefficient (Wildman–Crippen LogP) is 1.85. The molecule has 1 aliphatic heterocycles. The highest BCUT2D eigenvalue weighted by Crippen LogP contribution is 2.15. The molecular formula is C13H18N4. The molecule has 0 bridgehead atoms. The molecule has 1 aliphatic rings. The van der Waals surface area contributed by atoms with Crippen LogP contribution < -0.4 is 5.32 Å². The Balaban J connectivity index is 1.86. The number of nitriles is 1. The minimum atomic E-state index is 0.598. The number of hydrogen-bond acceptors (Lipinski definition) is 4. The molecule has 1 N–H and O–H groups in total. The van der Waals surface area contributed by atoms with Gasteiger partial charge in [-0.25, -0.2) is 4.98 Å². The number of aromatic nitrogens is 1. The fourth-order valence-corrected chi connectivity index (χ4v) is 2.19. The maximum atomic E-state index is 8.68. The highest BCUT2D eigenvalue weighted by atomic mass is 15.2. The van der Waals surface area contributed by atoms with Crippen molar-refractivity contribution in [3.05, 3.63) is 23.9 Å². The van der Waals surface area contributed by atoms with Crippen molar-refractivity contribution in [1.29, 1.82) is 5.26 Å². The third kappa shape index (κ3) is 3.18. The molecule has 0 radical (unpaired) electrons. The molecule has 0 amide bonds. The first-order valence-electron chi connectivity index (χ1n) is 6.10. The maximum absolute atomic E-state index is 8.68. The molecule has 17 heavy (non-hydrogen) atoms. The second-order valence-corrected chi connectivity index (χ2v) is 4.56. The summed E-state index contributed by atoms with van der Waals surface area (Å²) in [6.07, 6.45) is 5.48. The average Bonchev–Trinajstić information content (AvgIpc) is 2.38. The van der Waals surface area contributed by atoms with Gasteiger partial charge in [-0.05, 0) is 38.6 Å². The predicted molar refractivity (Wildman–Crippen MR) is 67.7 cm³/mol. The Morgan fingerprint density at radius 1 is 1.53 bits per heavy atom. The maximum Gasteiger partial charge on any atom is 0.126 e. The van der Waals surface area contributed by atoms with E-state index in [2.05, 4.69) is 28.3 Å². The summed E-state index contributed by atoms with van der Waals surface area (Å²) in [7, 11) is 2.18. The van der Waals surface area contributed by atoms with E-state index in [0.717, 1.165) is 12.4 Å². The van der Waals surface area contributed by atoms with Crippen LogP contribution in [0.2, 0.25) is 0 Å². The van der Waals surface area contributed by atoms with Crippen molar-refractivity contribution >= 4 is 5.82 Å². The number of nitrogens with one attached hydrogen (secondary N) is 1. The van der Waals surface area contributed by atoms with E-state index in [4.69, 9.17) is 5.26 Å². The number of nitrogens with zero attached hydrogens (tertiary/aromatic N) is 3. The lowest BCUT2D eigenvalue weighted by Crippen LogP contribution is -2.40. The van der Waals surface area contributed by atoms with Gasteiger partial charge in [-0.15, -0.1) is 0 Å². The van der Waals surface area contributed by atoms with Gasteiger partial charge in [-0.3, -0.25) is 0 Å². The molecule has 2 heterocycles. The summed E-state index contributed by atoms with van der Waals surface area (Å²) in [6.45, 7) is 2.11. The second-order valence-electron chi connectivity index (χ2n) is 4.56. The lowest BCUT2D eigenvalue weighted by Gasteiger charge is -2.32. The van der Waals surface area contributed by atoms with Crippen LogP contribution >= 0.6 is 0 Å². The van der Waals surface area contributed by atoms with Gasteiger partial charge in [0, 0.05) is 18.8 Å². The highest BCUT2D eigenvalue weighted by Gasteiger charge is 2.18. The lowest BCUT2D eigenvalue weighted by molar-refractivity contribution is 0.194. The molecular weight excluding hydrogens is 212 g/mol. The molecule has 2 rings (SSSR count). The zero-order valence-electron chi connectivity index (χ0n) is 10.2. The molecule has 0 saturated carbocycles. The van der Waals surface area contributed by atoms with E-state index in [9.17, 15) is 0 Å². The Morgan fingerprint density at radius 2 is 2.41 bits per heavy atom. The van der Waals surface area contributed by atoms with E-state index in [1.165, 1.54) is 25.8 Å². The smallest absolute Gasteiger partial charge is 0.126 e. The molecule has 1 aromatic rings. The van der Waals surface area contributed by atoms with Crippen molar-refractivity contribution in [2.24, 2.45) is 0 Å². The summed E-state index contributed by atoms with van der Waals surface area (Å²) in [5.74, 6) is 0.850. The lowest BCUT2D eigenvalue weighted by atomic mass is 10.0. The summed E-state index contributed by atoms with van der Waals surface area (Å²) in [5, 5.41) is 12.0. The monoisotopic (exact) mass is 230 g/mol. The molecule has 0 aliphatic carbocycles. The van der Waals surface area contributed by atoms with Crippen LogP contribution in [-0.4, -0.2) is 36.1 Å². The van der Waals surface area contributed by atoms with Crippen LogP contribution in [0.1, 0.15) is 24.8 Å². The van der Waals surface area contributed by atoms with Gasteiger partial charge in [0.25, 0.3) is 0 Å². The number of anilines is 1.